The van der Waals surface area contributed by atoms with Gasteiger partial charge >= 0.3 is 0 Å². The summed E-state index contributed by atoms with van der Waals surface area (Å²) in [4.78, 5) is 12.6. The molecule has 0 saturated carbocycles. The molecule has 4 nitrogen and oxygen atoms in total. The van der Waals surface area contributed by atoms with Crippen molar-refractivity contribution >= 4 is 33.2 Å². The smallest absolute Gasteiger partial charge is 0.225 e. The number of aromatic nitrogens is 2. The largest absolute Gasteiger partial charge is 0.340 e. The number of nitrogens with two attached hydrogens (primary N) is 1. The van der Waals surface area contributed by atoms with Crippen LogP contribution < -0.4 is 10.6 Å². The molecular weight excluding hydrogens is 336 g/mol. The Bertz CT molecular complexity index is 586. The molecule has 0 amide bonds. The lowest BCUT2D eigenvalue weighted by Crippen LogP contribution is -2.39. The summed E-state index contributed by atoms with van der Waals surface area (Å²) in [7, 11) is 0. The van der Waals surface area contributed by atoms with Gasteiger partial charge in [-0.1, -0.05) is 0 Å². The molecule has 1 aliphatic heterocycles. The van der Waals surface area contributed by atoms with Crippen LogP contribution in [-0.2, 0) is 0 Å². The lowest BCUT2D eigenvalue weighted by atomic mass is 9.99. The molecule has 3 heterocycles. The molecule has 0 aromatic carbocycles. The predicted molar refractivity (Wildman–Crippen MR) is 87.0 cm³/mol. The van der Waals surface area contributed by atoms with Gasteiger partial charge < -0.3 is 10.6 Å². The zero-order valence-corrected chi connectivity index (χ0v) is 13.5. The molecule has 0 aliphatic carbocycles. The molecule has 106 valence electrons. The molecule has 2 N–H and O–H groups in total. The van der Waals surface area contributed by atoms with Crippen molar-refractivity contribution in [1.29, 1.82) is 0 Å². The van der Waals surface area contributed by atoms with E-state index in [0.717, 1.165) is 40.6 Å². The van der Waals surface area contributed by atoms with Crippen molar-refractivity contribution in [3.8, 4) is 10.6 Å². The fraction of sp³-hybridized carbons (Fsp3) is 0.429. The molecule has 1 unspecified atom stereocenters. The van der Waals surface area contributed by atoms with E-state index >= 15 is 0 Å². The topological polar surface area (TPSA) is 55.0 Å². The predicted octanol–water partition coefficient (Wildman–Crippen LogP) is 3.14. The number of anilines is 1. The van der Waals surface area contributed by atoms with Crippen molar-refractivity contribution < 1.29 is 0 Å². The highest BCUT2D eigenvalue weighted by Crippen LogP contribution is 2.29. The second kappa shape index (κ2) is 6.20. The first-order chi connectivity index (χ1) is 9.76. The van der Waals surface area contributed by atoms with Gasteiger partial charge in [0, 0.05) is 29.1 Å². The third-order valence-corrected chi connectivity index (χ3v) is 5.31. The molecule has 0 radical (unpaired) electrons. The van der Waals surface area contributed by atoms with Gasteiger partial charge in [-0.2, -0.15) is 0 Å². The number of rotatable bonds is 3. The van der Waals surface area contributed by atoms with Crippen LogP contribution in [0.15, 0.2) is 28.2 Å². The molecule has 1 saturated heterocycles. The molecule has 1 aliphatic rings. The number of nitrogens with zero attached hydrogens (tertiary/aromatic N) is 3. The highest BCUT2D eigenvalue weighted by molar-refractivity contribution is 9.10. The van der Waals surface area contributed by atoms with E-state index in [1.165, 1.54) is 12.8 Å². The van der Waals surface area contributed by atoms with E-state index in [2.05, 4.69) is 37.3 Å². The summed E-state index contributed by atoms with van der Waals surface area (Å²) in [5.41, 5.74) is 6.78. The Balaban J connectivity index is 1.84. The minimum atomic E-state index is 0.562. The minimum absolute atomic E-state index is 0.562. The van der Waals surface area contributed by atoms with Gasteiger partial charge in [0.05, 0.1) is 10.6 Å². The standard InChI is InChI=1S/C14H17BrN4S/c15-11-6-13(20-9-11)12-3-4-17-14(18-12)19-5-1-2-10(7-16)8-19/h3-4,6,9-10H,1-2,5,7-8,16H2. The molecule has 1 fully saturated rings. The summed E-state index contributed by atoms with van der Waals surface area (Å²) in [6.45, 7) is 2.73. The summed E-state index contributed by atoms with van der Waals surface area (Å²) >= 11 is 5.17. The first kappa shape index (κ1) is 14.0. The zero-order chi connectivity index (χ0) is 13.9. The van der Waals surface area contributed by atoms with Crippen LogP contribution >= 0.6 is 27.3 Å². The molecule has 2 aromatic rings. The van der Waals surface area contributed by atoms with E-state index < -0.39 is 0 Å². The van der Waals surface area contributed by atoms with Crippen LogP contribution in [0.4, 0.5) is 5.95 Å². The van der Waals surface area contributed by atoms with Crippen LogP contribution in [-0.4, -0.2) is 29.6 Å². The molecule has 20 heavy (non-hydrogen) atoms. The summed E-state index contributed by atoms with van der Waals surface area (Å²) in [6, 6.07) is 4.06. The number of hydrogen-bond donors (Lipinski definition) is 1. The maximum Gasteiger partial charge on any atom is 0.225 e. The van der Waals surface area contributed by atoms with Crippen LogP contribution in [0.2, 0.25) is 0 Å². The third-order valence-electron chi connectivity index (χ3n) is 3.60. The second-order valence-electron chi connectivity index (χ2n) is 5.06. The quantitative estimate of drug-likeness (QED) is 0.921. The molecule has 3 rings (SSSR count). The molecule has 1 atom stereocenters. The lowest BCUT2D eigenvalue weighted by molar-refractivity contribution is 0.419. The Labute approximate surface area is 131 Å². The van der Waals surface area contributed by atoms with E-state index in [0.29, 0.717) is 5.92 Å². The number of hydrogen-bond acceptors (Lipinski definition) is 5. The van der Waals surface area contributed by atoms with Gasteiger partial charge in [-0.05, 0) is 53.4 Å². The van der Waals surface area contributed by atoms with Crippen molar-refractivity contribution in [2.45, 2.75) is 12.8 Å². The SMILES string of the molecule is NCC1CCCN(c2nccc(-c3cc(Br)cs3)n2)C1. The average Bonchev–Trinajstić information content (AvgIpc) is 2.94. The molecular formula is C14H17BrN4S. The van der Waals surface area contributed by atoms with Gasteiger partial charge in [0.1, 0.15) is 0 Å². The molecule has 0 spiro atoms. The van der Waals surface area contributed by atoms with Crippen molar-refractivity contribution in [3.63, 3.8) is 0 Å². The average molecular weight is 353 g/mol. The minimum Gasteiger partial charge on any atom is -0.340 e. The van der Waals surface area contributed by atoms with Gasteiger partial charge in [0.2, 0.25) is 5.95 Å². The Hall–Kier alpha value is -0.980. The van der Waals surface area contributed by atoms with Crippen LogP contribution in [0.1, 0.15) is 12.8 Å². The summed E-state index contributed by atoms with van der Waals surface area (Å²) in [6.07, 6.45) is 4.22. The van der Waals surface area contributed by atoms with Gasteiger partial charge in [-0.3, -0.25) is 0 Å². The molecule has 6 heteroatoms. The van der Waals surface area contributed by atoms with E-state index in [4.69, 9.17) is 10.7 Å². The maximum absolute atomic E-state index is 5.80. The molecule has 2 aromatic heterocycles. The highest BCUT2D eigenvalue weighted by Gasteiger charge is 2.21. The lowest BCUT2D eigenvalue weighted by Gasteiger charge is -2.32. The number of thiophene rings is 1. The highest BCUT2D eigenvalue weighted by atomic mass is 79.9. The second-order valence-corrected chi connectivity index (χ2v) is 6.89. The van der Waals surface area contributed by atoms with Crippen molar-refractivity contribution in [1.82, 2.24) is 9.97 Å². The summed E-state index contributed by atoms with van der Waals surface area (Å²) < 4.78 is 1.10. The first-order valence-corrected chi connectivity index (χ1v) is 8.46. The van der Waals surface area contributed by atoms with E-state index in [9.17, 15) is 0 Å². The van der Waals surface area contributed by atoms with Crippen LogP contribution in [0.3, 0.4) is 0 Å². The zero-order valence-electron chi connectivity index (χ0n) is 11.1. The molecule has 0 bridgehead atoms. The summed E-state index contributed by atoms with van der Waals surface area (Å²) in [5.74, 6) is 1.39. The number of halogens is 1. The van der Waals surface area contributed by atoms with E-state index in [-0.39, 0.29) is 0 Å². The first-order valence-electron chi connectivity index (χ1n) is 6.78. The fourth-order valence-corrected chi connectivity index (χ4v) is 3.92. The maximum atomic E-state index is 5.80. The number of piperidine rings is 1. The van der Waals surface area contributed by atoms with Crippen LogP contribution in [0, 0.1) is 5.92 Å². The Morgan fingerprint density at radius 2 is 2.40 bits per heavy atom. The monoisotopic (exact) mass is 352 g/mol. The van der Waals surface area contributed by atoms with Gasteiger partial charge in [-0.25, -0.2) is 9.97 Å². The Morgan fingerprint density at radius 3 is 3.15 bits per heavy atom. The fourth-order valence-electron chi connectivity index (χ4n) is 2.52. The van der Waals surface area contributed by atoms with Crippen molar-refractivity contribution in [2.75, 3.05) is 24.5 Å². The van der Waals surface area contributed by atoms with E-state index in [1.807, 2.05) is 12.3 Å². The van der Waals surface area contributed by atoms with Crippen LogP contribution in [0.25, 0.3) is 10.6 Å². The van der Waals surface area contributed by atoms with Crippen molar-refractivity contribution in [3.05, 3.63) is 28.2 Å². The van der Waals surface area contributed by atoms with Crippen molar-refractivity contribution in [2.24, 2.45) is 11.7 Å². The normalized spacial score (nSPS) is 19.3. The van der Waals surface area contributed by atoms with E-state index in [1.54, 1.807) is 11.3 Å². The summed E-state index contributed by atoms with van der Waals surface area (Å²) in [5, 5.41) is 2.07. The Kier molecular flexibility index (Phi) is 4.33. The van der Waals surface area contributed by atoms with Gasteiger partial charge in [-0.15, -0.1) is 11.3 Å². The van der Waals surface area contributed by atoms with Gasteiger partial charge in [0.25, 0.3) is 0 Å². The van der Waals surface area contributed by atoms with Crippen LogP contribution in [0.5, 0.6) is 0 Å². The Morgan fingerprint density at radius 1 is 1.50 bits per heavy atom. The third kappa shape index (κ3) is 3.02. The van der Waals surface area contributed by atoms with Gasteiger partial charge in [0.15, 0.2) is 0 Å².